The Morgan fingerprint density at radius 2 is 1.73 bits per heavy atom. The Hall–Kier alpha value is -1.87. The van der Waals surface area contributed by atoms with Crippen molar-refractivity contribution >= 4 is 5.69 Å². The van der Waals surface area contributed by atoms with Crippen LogP contribution in [-0.4, -0.2) is 19.1 Å². The van der Waals surface area contributed by atoms with E-state index in [0.717, 1.165) is 25.2 Å². The first-order valence-electron chi connectivity index (χ1n) is 7.86. The van der Waals surface area contributed by atoms with Crippen LogP contribution < -0.4 is 10.6 Å². The number of halogens is 1. The van der Waals surface area contributed by atoms with E-state index in [-0.39, 0.29) is 11.9 Å². The number of nitrogens with zero attached hydrogens (tertiary/aromatic N) is 1. The second-order valence-electron chi connectivity index (χ2n) is 6.42. The summed E-state index contributed by atoms with van der Waals surface area (Å²) in [6.45, 7) is 6.05. The number of piperidine rings is 1. The predicted molar refractivity (Wildman–Crippen MR) is 89.9 cm³/mol. The Balaban J connectivity index is 1.84. The van der Waals surface area contributed by atoms with Gasteiger partial charge in [0, 0.05) is 30.7 Å². The van der Waals surface area contributed by atoms with Crippen molar-refractivity contribution in [3.63, 3.8) is 0 Å². The van der Waals surface area contributed by atoms with E-state index in [9.17, 15) is 4.39 Å². The number of hydrogen-bond donors (Lipinski definition) is 1. The summed E-state index contributed by atoms with van der Waals surface area (Å²) in [6, 6.07) is 13.5. The molecular formula is C19H23FN2. The summed E-state index contributed by atoms with van der Waals surface area (Å²) < 4.78 is 13.1. The third-order valence-corrected chi connectivity index (χ3v) is 4.68. The number of anilines is 1. The first-order valence-corrected chi connectivity index (χ1v) is 7.86. The molecule has 2 nitrogen and oxygen atoms in total. The molecule has 2 aromatic carbocycles. The third-order valence-electron chi connectivity index (χ3n) is 4.68. The van der Waals surface area contributed by atoms with Gasteiger partial charge in [-0.05, 0) is 61.2 Å². The molecule has 22 heavy (non-hydrogen) atoms. The summed E-state index contributed by atoms with van der Waals surface area (Å²) >= 11 is 0. The summed E-state index contributed by atoms with van der Waals surface area (Å²) in [5, 5.41) is 0. The zero-order valence-electron chi connectivity index (χ0n) is 13.2. The maximum atomic E-state index is 13.1. The van der Waals surface area contributed by atoms with Crippen molar-refractivity contribution in [1.82, 2.24) is 0 Å². The molecule has 1 aliphatic heterocycles. The minimum absolute atomic E-state index is 0.144. The van der Waals surface area contributed by atoms with Gasteiger partial charge in [0.05, 0.1) is 0 Å². The van der Waals surface area contributed by atoms with Crippen LogP contribution >= 0.6 is 0 Å². The van der Waals surface area contributed by atoms with Crippen molar-refractivity contribution in [3.8, 4) is 0 Å². The van der Waals surface area contributed by atoms with Crippen LogP contribution in [0.4, 0.5) is 10.1 Å². The van der Waals surface area contributed by atoms with Crippen LogP contribution in [-0.2, 0) is 0 Å². The van der Waals surface area contributed by atoms with Gasteiger partial charge in [-0.1, -0.05) is 18.2 Å². The molecule has 2 unspecified atom stereocenters. The molecule has 1 fully saturated rings. The lowest BCUT2D eigenvalue weighted by molar-refractivity contribution is 0.453. The Labute approximate surface area is 131 Å². The van der Waals surface area contributed by atoms with E-state index in [0.29, 0.717) is 5.92 Å². The fraction of sp³-hybridized carbons (Fsp3) is 0.368. The number of aryl methyl sites for hydroxylation is 2. The average Bonchev–Trinajstić information content (AvgIpc) is 2.50. The highest BCUT2D eigenvalue weighted by atomic mass is 19.1. The third kappa shape index (κ3) is 3.14. The highest BCUT2D eigenvalue weighted by Crippen LogP contribution is 2.30. The molecule has 0 saturated carbocycles. The van der Waals surface area contributed by atoms with E-state index in [2.05, 4.69) is 36.9 Å². The normalized spacial score (nSPS) is 21.9. The summed E-state index contributed by atoms with van der Waals surface area (Å²) in [5.41, 5.74) is 11.3. The van der Waals surface area contributed by atoms with E-state index >= 15 is 0 Å². The summed E-state index contributed by atoms with van der Waals surface area (Å²) in [6.07, 6.45) is 1.00. The van der Waals surface area contributed by atoms with Gasteiger partial charge in [0.2, 0.25) is 0 Å². The summed E-state index contributed by atoms with van der Waals surface area (Å²) in [4.78, 5) is 2.27. The van der Waals surface area contributed by atoms with Gasteiger partial charge in [-0.15, -0.1) is 0 Å². The van der Waals surface area contributed by atoms with E-state index < -0.39 is 0 Å². The first-order chi connectivity index (χ1) is 10.5. The lowest BCUT2D eigenvalue weighted by Gasteiger charge is -2.38. The van der Waals surface area contributed by atoms with Gasteiger partial charge in [0.1, 0.15) is 5.82 Å². The monoisotopic (exact) mass is 298 g/mol. The zero-order chi connectivity index (χ0) is 15.7. The minimum atomic E-state index is -0.198. The predicted octanol–water partition coefficient (Wildman–Crippen LogP) is 3.76. The minimum Gasteiger partial charge on any atom is -0.369 e. The Kier molecular flexibility index (Phi) is 4.16. The van der Waals surface area contributed by atoms with Gasteiger partial charge in [0.25, 0.3) is 0 Å². The highest BCUT2D eigenvalue weighted by Gasteiger charge is 2.26. The maximum absolute atomic E-state index is 13.1. The molecule has 116 valence electrons. The highest BCUT2D eigenvalue weighted by molar-refractivity contribution is 5.48. The molecular weight excluding hydrogens is 275 g/mol. The van der Waals surface area contributed by atoms with Crippen LogP contribution in [0.25, 0.3) is 0 Å². The first kappa shape index (κ1) is 15.0. The van der Waals surface area contributed by atoms with Crippen LogP contribution in [0.2, 0.25) is 0 Å². The summed E-state index contributed by atoms with van der Waals surface area (Å²) in [7, 11) is 0. The molecule has 0 aromatic heterocycles. The van der Waals surface area contributed by atoms with E-state index in [1.165, 1.54) is 28.8 Å². The molecule has 0 radical (unpaired) electrons. The largest absolute Gasteiger partial charge is 0.369 e. The fourth-order valence-corrected chi connectivity index (χ4v) is 3.26. The smallest absolute Gasteiger partial charge is 0.123 e. The Morgan fingerprint density at radius 1 is 1.00 bits per heavy atom. The van der Waals surface area contributed by atoms with E-state index in [4.69, 9.17) is 5.73 Å². The van der Waals surface area contributed by atoms with Crippen LogP contribution in [0.15, 0.2) is 42.5 Å². The van der Waals surface area contributed by atoms with Crippen LogP contribution in [0.3, 0.4) is 0 Å². The second-order valence-corrected chi connectivity index (χ2v) is 6.42. The van der Waals surface area contributed by atoms with Gasteiger partial charge in [0.15, 0.2) is 0 Å². The molecule has 0 aliphatic carbocycles. The Bertz CT molecular complexity index is 651. The number of benzene rings is 2. The van der Waals surface area contributed by atoms with Gasteiger partial charge in [-0.3, -0.25) is 0 Å². The molecule has 2 aromatic rings. The van der Waals surface area contributed by atoms with Gasteiger partial charge >= 0.3 is 0 Å². The van der Waals surface area contributed by atoms with E-state index in [1.54, 1.807) is 0 Å². The molecule has 0 spiro atoms. The zero-order valence-corrected chi connectivity index (χ0v) is 13.2. The molecule has 2 N–H and O–H groups in total. The van der Waals surface area contributed by atoms with E-state index in [1.807, 2.05) is 12.1 Å². The SMILES string of the molecule is Cc1ccc(C2CC(N)CN(c3ccc(F)cc3)C2)cc1C. The van der Waals surface area contributed by atoms with Gasteiger partial charge < -0.3 is 10.6 Å². The topological polar surface area (TPSA) is 29.3 Å². The van der Waals surface area contributed by atoms with Crippen molar-refractivity contribution in [3.05, 3.63) is 65.0 Å². The van der Waals surface area contributed by atoms with Crippen molar-refractivity contribution < 1.29 is 4.39 Å². The van der Waals surface area contributed by atoms with Crippen molar-refractivity contribution in [1.29, 1.82) is 0 Å². The van der Waals surface area contributed by atoms with Gasteiger partial charge in [-0.2, -0.15) is 0 Å². The molecule has 2 atom stereocenters. The van der Waals surface area contributed by atoms with Gasteiger partial charge in [-0.25, -0.2) is 4.39 Å². The van der Waals surface area contributed by atoms with Crippen LogP contribution in [0.1, 0.15) is 29.0 Å². The number of hydrogen-bond acceptors (Lipinski definition) is 2. The Morgan fingerprint density at radius 3 is 2.41 bits per heavy atom. The molecule has 1 saturated heterocycles. The molecule has 0 bridgehead atoms. The van der Waals surface area contributed by atoms with Crippen molar-refractivity contribution in [2.24, 2.45) is 5.73 Å². The molecule has 1 heterocycles. The lowest BCUT2D eigenvalue weighted by Crippen LogP contribution is -2.46. The molecule has 3 rings (SSSR count). The quantitative estimate of drug-likeness (QED) is 0.914. The lowest BCUT2D eigenvalue weighted by atomic mass is 9.87. The van der Waals surface area contributed by atoms with Crippen LogP contribution in [0.5, 0.6) is 0 Å². The molecule has 1 aliphatic rings. The van der Waals surface area contributed by atoms with Crippen LogP contribution in [0, 0.1) is 19.7 Å². The average molecular weight is 298 g/mol. The molecule has 3 heteroatoms. The van der Waals surface area contributed by atoms with Crippen molar-refractivity contribution in [2.45, 2.75) is 32.2 Å². The number of nitrogens with two attached hydrogens (primary N) is 1. The standard InChI is InChI=1S/C19H23FN2/c1-13-3-4-15(9-14(13)2)16-10-18(21)12-22(11-16)19-7-5-17(20)6-8-19/h3-9,16,18H,10-12,21H2,1-2H3. The molecule has 0 amide bonds. The second kappa shape index (κ2) is 6.09. The number of rotatable bonds is 2. The fourth-order valence-electron chi connectivity index (χ4n) is 3.26. The summed E-state index contributed by atoms with van der Waals surface area (Å²) in [5.74, 6) is 0.226. The maximum Gasteiger partial charge on any atom is 0.123 e. The van der Waals surface area contributed by atoms with Crippen molar-refractivity contribution in [2.75, 3.05) is 18.0 Å².